The number of likely N-dealkylation sites (tertiary alicyclic amines) is 1. The van der Waals surface area contributed by atoms with Crippen LogP contribution in [0.5, 0.6) is 0 Å². The van der Waals surface area contributed by atoms with Crippen LogP contribution in [0.15, 0.2) is 4.99 Å². The van der Waals surface area contributed by atoms with E-state index in [-0.39, 0.29) is 6.54 Å². The van der Waals surface area contributed by atoms with Crippen LogP contribution in [0, 0.1) is 0 Å². The van der Waals surface area contributed by atoms with Crippen LogP contribution in [-0.4, -0.2) is 80.3 Å². The van der Waals surface area contributed by atoms with Crippen molar-refractivity contribution in [2.45, 2.75) is 63.7 Å². The number of halogens is 3. The molecule has 0 aromatic rings. The molecule has 2 rings (SSSR count). The van der Waals surface area contributed by atoms with Gasteiger partial charge in [-0.1, -0.05) is 12.8 Å². The first kappa shape index (κ1) is 21.3. The Morgan fingerprint density at radius 1 is 1.15 bits per heavy atom. The van der Waals surface area contributed by atoms with Crippen molar-refractivity contribution in [1.29, 1.82) is 0 Å². The molecule has 2 N–H and O–H groups in total. The van der Waals surface area contributed by atoms with E-state index in [0.717, 1.165) is 38.5 Å². The van der Waals surface area contributed by atoms with Crippen LogP contribution in [0.2, 0.25) is 0 Å². The van der Waals surface area contributed by atoms with Crippen molar-refractivity contribution in [2.24, 2.45) is 4.99 Å². The lowest BCUT2D eigenvalue weighted by molar-refractivity contribution is -0.142. The molecule has 2 aliphatic rings. The molecule has 152 valence electrons. The smallest absolute Gasteiger partial charge is 0.357 e. The van der Waals surface area contributed by atoms with Crippen LogP contribution in [-0.2, 0) is 0 Å². The second-order valence-electron chi connectivity index (χ2n) is 7.51. The van der Waals surface area contributed by atoms with Crippen LogP contribution < -0.4 is 10.6 Å². The highest BCUT2D eigenvalue weighted by molar-refractivity contribution is 5.80. The van der Waals surface area contributed by atoms with Gasteiger partial charge in [0.15, 0.2) is 5.96 Å². The molecule has 0 bridgehead atoms. The average Bonchev–Trinajstić information content (AvgIpc) is 3.08. The van der Waals surface area contributed by atoms with E-state index in [0.29, 0.717) is 18.5 Å². The average molecular weight is 377 g/mol. The Labute approximate surface area is 155 Å². The zero-order chi connectivity index (χ0) is 19.0. The fourth-order valence-electron chi connectivity index (χ4n) is 3.91. The number of nitrogens with one attached hydrogen (secondary N) is 2. The van der Waals surface area contributed by atoms with Crippen LogP contribution in [0.4, 0.5) is 13.2 Å². The van der Waals surface area contributed by atoms with Gasteiger partial charge in [-0.2, -0.15) is 13.2 Å². The molecule has 2 fully saturated rings. The lowest BCUT2D eigenvalue weighted by atomic mass is 10.0. The largest absolute Gasteiger partial charge is 0.401 e. The van der Waals surface area contributed by atoms with E-state index in [1.807, 2.05) is 6.92 Å². The van der Waals surface area contributed by atoms with Gasteiger partial charge in [-0.25, -0.2) is 0 Å². The predicted molar refractivity (Wildman–Crippen MR) is 99.5 cm³/mol. The van der Waals surface area contributed by atoms with E-state index in [4.69, 9.17) is 0 Å². The van der Waals surface area contributed by atoms with Crippen molar-refractivity contribution in [3.05, 3.63) is 0 Å². The second kappa shape index (κ2) is 10.3. The van der Waals surface area contributed by atoms with E-state index in [1.165, 1.54) is 37.6 Å². The number of alkyl halides is 3. The van der Waals surface area contributed by atoms with Gasteiger partial charge in [0, 0.05) is 38.3 Å². The summed E-state index contributed by atoms with van der Waals surface area (Å²) in [4.78, 5) is 8.33. The molecule has 1 heterocycles. The molecule has 1 aliphatic heterocycles. The third kappa shape index (κ3) is 7.70. The van der Waals surface area contributed by atoms with Gasteiger partial charge in [0.2, 0.25) is 0 Å². The lowest BCUT2D eigenvalue weighted by Crippen LogP contribution is -2.50. The molecule has 1 aliphatic carbocycles. The summed E-state index contributed by atoms with van der Waals surface area (Å²) in [6, 6.07) is 1.17. The SMILES string of the molecule is CCNC(=NCCN(C)CC(F)(F)F)NC1CCN(C2CCCC2)CC1. The minimum atomic E-state index is -4.16. The number of nitrogens with zero attached hydrogens (tertiary/aromatic N) is 3. The van der Waals surface area contributed by atoms with Gasteiger partial charge in [-0.3, -0.25) is 9.89 Å². The molecule has 5 nitrogen and oxygen atoms in total. The maximum absolute atomic E-state index is 12.4. The van der Waals surface area contributed by atoms with Crippen molar-refractivity contribution < 1.29 is 13.2 Å². The minimum absolute atomic E-state index is 0.288. The standard InChI is InChI=1S/C18H34F3N5/c1-3-22-17(23-10-13-25(2)14-18(19,20)21)24-15-8-11-26(12-9-15)16-6-4-5-7-16/h15-16H,3-14H2,1-2H3,(H2,22,23,24). The second-order valence-corrected chi connectivity index (χ2v) is 7.51. The fraction of sp³-hybridized carbons (Fsp3) is 0.944. The Morgan fingerprint density at radius 3 is 2.38 bits per heavy atom. The summed E-state index contributed by atoms with van der Waals surface area (Å²) in [5.41, 5.74) is 0. The summed E-state index contributed by atoms with van der Waals surface area (Å²) in [6.45, 7) is 4.72. The normalized spacial score (nSPS) is 21.5. The van der Waals surface area contributed by atoms with Crippen molar-refractivity contribution in [3.63, 3.8) is 0 Å². The third-order valence-corrected chi connectivity index (χ3v) is 5.26. The number of likely N-dealkylation sites (N-methyl/N-ethyl adjacent to an activating group) is 1. The van der Waals surface area contributed by atoms with Crippen LogP contribution in [0.3, 0.4) is 0 Å². The van der Waals surface area contributed by atoms with Gasteiger partial charge in [0.25, 0.3) is 0 Å². The molecule has 26 heavy (non-hydrogen) atoms. The number of piperidine rings is 1. The van der Waals surface area contributed by atoms with Crippen molar-refractivity contribution >= 4 is 5.96 Å². The summed E-state index contributed by atoms with van der Waals surface area (Å²) in [6.07, 6.45) is 3.44. The van der Waals surface area contributed by atoms with Gasteiger partial charge in [0.1, 0.15) is 0 Å². The molecule has 0 amide bonds. The molecule has 0 aromatic carbocycles. The van der Waals surface area contributed by atoms with Gasteiger partial charge in [0.05, 0.1) is 13.1 Å². The zero-order valence-electron chi connectivity index (χ0n) is 16.1. The Kier molecular flexibility index (Phi) is 8.47. The summed E-state index contributed by atoms with van der Waals surface area (Å²) < 4.78 is 37.1. The Bertz CT molecular complexity index is 427. The first-order valence-corrected chi connectivity index (χ1v) is 9.91. The number of hydrogen-bond acceptors (Lipinski definition) is 3. The van der Waals surface area contributed by atoms with Crippen molar-refractivity contribution in [2.75, 3.05) is 46.3 Å². The fourth-order valence-corrected chi connectivity index (χ4v) is 3.91. The molecule has 0 aromatic heterocycles. The Hall–Kier alpha value is -1.02. The molecule has 1 saturated carbocycles. The molecule has 0 unspecified atom stereocenters. The Morgan fingerprint density at radius 2 is 1.81 bits per heavy atom. The first-order chi connectivity index (χ1) is 12.4. The molecule has 1 saturated heterocycles. The lowest BCUT2D eigenvalue weighted by Gasteiger charge is -2.36. The van der Waals surface area contributed by atoms with Gasteiger partial charge < -0.3 is 15.5 Å². The summed E-state index contributed by atoms with van der Waals surface area (Å²) in [5.74, 6) is 0.715. The topological polar surface area (TPSA) is 42.9 Å². The number of aliphatic imine (C=N–C) groups is 1. The molecule has 0 radical (unpaired) electrons. The third-order valence-electron chi connectivity index (χ3n) is 5.26. The van der Waals surface area contributed by atoms with Gasteiger partial charge in [-0.05, 0) is 39.7 Å². The molecule has 8 heteroatoms. The van der Waals surface area contributed by atoms with Crippen LogP contribution >= 0.6 is 0 Å². The highest BCUT2D eigenvalue weighted by Gasteiger charge is 2.29. The predicted octanol–water partition coefficient (Wildman–Crippen LogP) is 2.44. The van der Waals surface area contributed by atoms with Gasteiger partial charge in [-0.15, -0.1) is 0 Å². The monoisotopic (exact) mass is 377 g/mol. The quantitative estimate of drug-likeness (QED) is 0.528. The number of hydrogen-bond donors (Lipinski definition) is 2. The van der Waals surface area contributed by atoms with Crippen LogP contribution in [0.1, 0.15) is 45.4 Å². The van der Waals surface area contributed by atoms with E-state index in [1.54, 1.807) is 0 Å². The van der Waals surface area contributed by atoms with E-state index in [2.05, 4.69) is 20.5 Å². The van der Waals surface area contributed by atoms with E-state index < -0.39 is 12.7 Å². The van der Waals surface area contributed by atoms with E-state index in [9.17, 15) is 13.2 Å². The zero-order valence-corrected chi connectivity index (χ0v) is 16.1. The summed E-state index contributed by atoms with van der Waals surface area (Å²) in [5, 5.41) is 6.66. The van der Waals surface area contributed by atoms with Crippen LogP contribution in [0.25, 0.3) is 0 Å². The molecule has 0 spiro atoms. The maximum Gasteiger partial charge on any atom is 0.401 e. The van der Waals surface area contributed by atoms with Crippen molar-refractivity contribution in [3.8, 4) is 0 Å². The number of guanidine groups is 1. The number of rotatable bonds is 7. The summed E-state index contributed by atoms with van der Waals surface area (Å²) in [7, 11) is 1.47. The Balaban J connectivity index is 1.73. The van der Waals surface area contributed by atoms with Crippen molar-refractivity contribution in [1.82, 2.24) is 20.4 Å². The first-order valence-electron chi connectivity index (χ1n) is 9.91. The highest BCUT2D eigenvalue weighted by atomic mass is 19.4. The molecule has 0 atom stereocenters. The van der Waals surface area contributed by atoms with E-state index >= 15 is 0 Å². The van der Waals surface area contributed by atoms with Gasteiger partial charge >= 0.3 is 6.18 Å². The minimum Gasteiger partial charge on any atom is -0.357 e. The summed E-state index contributed by atoms with van der Waals surface area (Å²) >= 11 is 0. The highest BCUT2D eigenvalue weighted by Crippen LogP contribution is 2.26. The maximum atomic E-state index is 12.4. The molecular formula is C18H34F3N5. The molecular weight excluding hydrogens is 343 g/mol.